The van der Waals surface area contributed by atoms with Gasteiger partial charge in [-0.25, -0.2) is 64.6 Å². The Balaban J connectivity index is 0.795. The van der Waals surface area contributed by atoms with Crippen LogP contribution < -0.4 is 9.47 Å². The predicted molar refractivity (Wildman–Crippen MR) is 307 cm³/mol. The SMILES string of the molecule is CO[C@H]1COC[C@H]1n1c(Cc2cc(F)c(-c3ccc(F)c(OCc4ccc(Cl)cc4F)n3)cc2F)nc2ccc(C(=O)OC(=O)c3ccc4nc(Cc5cc(F)c(-c6ccc(F)c(OCc7ccc(Cl)cc7F)n6)cc5F)n([C@@H]5COC[C@@H]5OC)c4c3)cc21. The molecule has 0 unspecified atom stereocenters. The number of nitrogens with zero attached hydrogens (tertiary/aromatic N) is 6. The van der Waals surface area contributed by atoms with Crippen LogP contribution in [0.15, 0.2) is 121 Å². The van der Waals surface area contributed by atoms with Crippen LogP contribution in [0.5, 0.6) is 11.8 Å². The summed E-state index contributed by atoms with van der Waals surface area (Å²) < 4.78 is 166. The molecule has 6 heterocycles. The lowest BCUT2D eigenvalue weighted by Crippen LogP contribution is -2.26. The van der Waals surface area contributed by atoms with Crippen molar-refractivity contribution in [3.63, 3.8) is 0 Å². The Kier molecular flexibility index (Phi) is 17.2. The fraction of sp³-hybridized carbons (Fsp3) is 0.219. The van der Waals surface area contributed by atoms with E-state index in [1.165, 1.54) is 74.9 Å². The Hall–Kier alpha value is -8.84. The number of aromatic nitrogens is 6. The molecule has 4 aromatic heterocycles. The van der Waals surface area contributed by atoms with Crippen molar-refractivity contribution in [3.05, 3.63) is 223 Å². The summed E-state index contributed by atoms with van der Waals surface area (Å²) in [5, 5.41) is 0.283. The van der Waals surface area contributed by atoms with Crippen LogP contribution in [0.1, 0.15) is 66.7 Å². The molecular weight excluding hydrogens is 1220 g/mol. The third-order valence-electron chi connectivity index (χ3n) is 15.4. The quantitative estimate of drug-likeness (QED) is 0.0454. The van der Waals surface area contributed by atoms with Gasteiger partial charge in [-0.2, -0.15) is 0 Å². The first-order chi connectivity index (χ1) is 42.9. The molecule has 25 heteroatoms. The summed E-state index contributed by atoms with van der Waals surface area (Å²) in [6.07, 6.45) is -1.68. The van der Waals surface area contributed by atoms with Crippen LogP contribution in [0.2, 0.25) is 10.0 Å². The number of rotatable bonds is 18. The van der Waals surface area contributed by atoms with Crippen molar-refractivity contribution in [1.29, 1.82) is 0 Å². The maximum absolute atomic E-state index is 16.3. The highest BCUT2D eigenvalue weighted by Gasteiger charge is 2.36. The molecule has 6 aromatic carbocycles. The number of esters is 2. The van der Waals surface area contributed by atoms with Gasteiger partial charge in [-0.05, 0) is 120 Å². The van der Waals surface area contributed by atoms with E-state index in [2.05, 4.69) is 9.97 Å². The number of imidazole rings is 2. The minimum absolute atomic E-state index is 0.0488. The lowest BCUT2D eigenvalue weighted by molar-refractivity contribution is 0.0397. The summed E-state index contributed by atoms with van der Waals surface area (Å²) in [6, 6.07) is 23.0. The van der Waals surface area contributed by atoms with E-state index in [1.54, 1.807) is 9.13 Å². The molecule has 0 bridgehead atoms. The van der Waals surface area contributed by atoms with Crippen molar-refractivity contribution in [2.75, 3.05) is 40.6 Å². The summed E-state index contributed by atoms with van der Waals surface area (Å²) >= 11 is 11.7. The number of carbonyl (C=O) groups is 2. The second kappa shape index (κ2) is 25.3. The summed E-state index contributed by atoms with van der Waals surface area (Å²) in [5.74, 6) is -9.68. The van der Waals surface area contributed by atoms with Crippen LogP contribution in [0, 0.1) is 46.5 Å². The highest BCUT2D eigenvalue weighted by atomic mass is 35.5. The molecule has 0 saturated carbocycles. The number of fused-ring (bicyclic) bond motifs is 2. The van der Waals surface area contributed by atoms with Crippen molar-refractivity contribution < 1.29 is 77.9 Å². The standard InChI is InChI=1S/C64H46Cl2F8N6O9/c1-83-57-29-85-27-55(57)79-53-17-31(5-11-51(53)75-59(79)19-35-15-47(73)39(23-45(35)71)49-13-9-41(67)61(77-49)87-25-33-3-7-37(65)21-43(33)69)63(81)89-64(82)32-6-12-52-54(18-32)80(56-28-86-30-58(56)84-2)60(76-52)20-36-16-48(74)40(24-46(36)72)50-14-10-42(68)62(78-50)88-26-34-4-8-38(66)22-44(34)70/h3-18,21-24,55-58H,19-20,25-30H2,1-2H3/t55-,56-,57+,58+/m1/s1. The topological polar surface area (TPSA) is 160 Å². The molecule has 0 amide bonds. The molecular formula is C64H46Cl2F8N6O9. The summed E-state index contributed by atoms with van der Waals surface area (Å²) in [5.41, 5.74) is -0.00432. The second-order valence-corrected chi connectivity index (χ2v) is 21.7. The minimum atomic E-state index is -1.06. The van der Waals surface area contributed by atoms with Crippen LogP contribution >= 0.6 is 23.2 Å². The summed E-state index contributed by atoms with van der Waals surface area (Å²) in [4.78, 5) is 45.7. The number of methoxy groups -OCH3 is 2. The van der Waals surface area contributed by atoms with Crippen molar-refractivity contribution in [2.24, 2.45) is 0 Å². The second-order valence-electron chi connectivity index (χ2n) is 20.9. The Morgan fingerprint density at radius 2 is 0.888 bits per heavy atom. The molecule has 12 rings (SSSR count). The van der Waals surface area contributed by atoms with Crippen LogP contribution in [-0.4, -0.2) is 93.9 Å². The van der Waals surface area contributed by atoms with Crippen LogP contribution in [0.4, 0.5) is 35.1 Å². The van der Waals surface area contributed by atoms with Gasteiger partial charge in [0.25, 0.3) is 11.8 Å². The number of pyridine rings is 2. The normalized spacial score (nSPS) is 16.6. The van der Waals surface area contributed by atoms with Crippen molar-refractivity contribution in [2.45, 2.75) is 50.3 Å². The third kappa shape index (κ3) is 12.4. The molecule has 0 spiro atoms. The molecule has 4 atom stereocenters. The van der Waals surface area contributed by atoms with Crippen LogP contribution in [-0.2, 0) is 49.7 Å². The molecule has 456 valence electrons. The van der Waals surface area contributed by atoms with E-state index in [4.69, 9.17) is 66.3 Å². The van der Waals surface area contributed by atoms with E-state index in [9.17, 15) is 27.2 Å². The number of hydrogen-bond acceptors (Lipinski definition) is 13. The number of carbonyl (C=O) groups excluding carboxylic acids is 2. The van der Waals surface area contributed by atoms with Gasteiger partial charge < -0.3 is 42.3 Å². The summed E-state index contributed by atoms with van der Waals surface area (Å²) in [7, 11) is 2.96. The first-order valence-corrected chi connectivity index (χ1v) is 28.1. The van der Waals surface area contributed by atoms with Gasteiger partial charge in [-0.3, -0.25) is 0 Å². The lowest BCUT2D eigenvalue weighted by atomic mass is 10.0. The number of benzene rings is 6. The van der Waals surface area contributed by atoms with Gasteiger partial charge in [-0.1, -0.05) is 35.3 Å². The molecule has 2 aliphatic rings. The Labute approximate surface area is 510 Å². The molecule has 15 nitrogen and oxygen atoms in total. The third-order valence-corrected chi connectivity index (χ3v) is 15.8. The van der Waals surface area contributed by atoms with Crippen molar-refractivity contribution in [3.8, 4) is 34.3 Å². The van der Waals surface area contributed by atoms with Gasteiger partial charge in [0.1, 0.15) is 72.0 Å². The predicted octanol–water partition coefficient (Wildman–Crippen LogP) is 13.4. The van der Waals surface area contributed by atoms with Gasteiger partial charge in [0.15, 0.2) is 11.6 Å². The highest BCUT2D eigenvalue weighted by Crippen LogP contribution is 2.36. The van der Waals surface area contributed by atoms with E-state index in [1.807, 2.05) is 0 Å². The van der Waals surface area contributed by atoms with Crippen LogP contribution in [0.25, 0.3) is 44.6 Å². The first-order valence-electron chi connectivity index (χ1n) is 27.3. The first kappa shape index (κ1) is 60.4. The molecule has 0 aliphatic carbocycles. The smallest absolute Gasteiger partial charge is 0.346 e. The largest absolute Gasteiger partial charge is 0.471 e. The number of halogens is 10. The highest BCUT2D eigenvalue weighted by molar-refractivity contribution is 6.30. The molecule has 2 saturated heterocycles. The molecule has 0 radical (unpaired) electrons. The zero-order valence-electron chi connectivity index (χ0n) is 46.7. The number of hydrogen-bond donors (Lipinski definition) is 0. The molecule has 2 fully saturated rings. The number of ether oxygens (including phenoxy) is 7. The van der Waals surface area contributed by atoms with Gasteiger partial charge in [0.2, 0.25) is 0 Å². The van der Waals surface area contributed by atoms with E-state index in [-0.39, 0.29) is 117 Å². The van der Waals surface area contributed by atoms with Gasteiger partial charge >= 0.3 is 11.9 Å². The molecule has 10 aromatic rings. The summed E-state index contributed by atoms with van der Waals surface area (Å²) in [6.45, 7) is -0.336. The maximum Gasteiger partial charge on any atom is 0.346 e. The minimum Gasteiger partial charge on any atom is -0.471 e. The average Bonchev–Trinajstić information content (AvgIpc) is 2.09. The average molecular weight is 1270 g/mol. The zero-order valence-corrected chi connectivity index (χ0v) is 48.2. The van der Waals surface area contributed by atoms with Crippen molar-refractivity contribution in [1.82, 2.24) is 29.1 Å². The molecule has 89 heavy (non-hydrogen) atoms. The van der Waals surface area contributed by atoms with Crippen LogP contribution in [0.3, 0.4) is 0 Å². The molecule has 2 aliphatic heterocycles. The van der Waals surface area contributed by atoms with Gasteiger partial charge in [-0.15, -0.1) is 0 Å². The van der Waals surface area contributed by atoms with Gasteiger partial charge in [0.05, 0.1) is 83.1 Å². The molecule has 0 N–H and O–H groups in total. The zero-order chi connectivity index (χ0) is 62.4. The van der Waals surface area contributed by atoms with E-state index in [0.717, 1.165) is 60.7 Å². The van der Waals surface area contributed by atoms with Gasteiger partial charge in [0, 0.05) is 59.4 Å². The lowest BCUT2D eigenvalue weighted by Gasteiger charge is -2.21. The van der Waals surface area contributed by atoms with E-state index in [0.29, 0.717) is 22.1 Å². The maximum atomic E-state index is 16.3. The Morgan fingerprint density at radius 3 is 1.29 bits per heavy atom. The fourth-order valence-electron chi connectivity index (χ4n) is 10.8. The fourth-order valence-corrected chi connectivity index (χ4v) is 11.1. The van der Waals surface area contributed by atoms with E-state index < -0.39 is 108 Å². The van der Waals surface area contributed by atoms with E-state index >= 15 is 17.6 Å². The Morgan fingerprint density at radius 1 is 0.472 bits per heavy atom. The van der Waals surface area contributed by atoms with Crippen molar-refractivity contribution >= 4 is 57.2 Å². The Bertz CT molecular complexity index is 4160. The monoisotopic (exact) mass is 1260 g/mol.